The average Bonchev–Trinajstić information content (AvgIpc) is 3.39. The molecule has 2 aromatic carbocycles. The number of rotatable bonds is 6. The Kier molecular flexibility index (Phi) is 6.75. The number of piperidine rings is 1. The van der Waals surface area contributed by atoms with Crippen LogP contribution in [0.2, 0.25) is 0 Å². The number of carbonyl (C=O) groups excluding carboxylic acids is 2. The maximum Gasteiger partial charge on any atom is 0.263 e. The lowest BCUT2D eigenvalue weighted by atomic mass is 9.95. The number of thiophene rings is 1. The molecule has 0 radical (unpaired) electrons. The van der Waals surface area contributed by atoms with Crippen molar-refractivity contribution < 1.29 is 19.1 Å². The van der Waals surface area contributed by atoms with Crippen molar-refractivity contribution in [3.8, 4) is 22.6 Å². The summed E-state index contributed by atoms with van der Waals surface area (Å²) in [4.78, 5) is 28.0. The molecule has 1 aromatic heterocycles. The van der Waals surface area contributed by atoms with E-state index >= 15 is 0 Å². The SMILES string of the molecule is COc1ccc(-c2cc(NC(=O)C3CCN(C(=O)c4cccs4)CC3)ccc2OC)cc1. The predicted octanol–water partition coefficient (Wildman–Crippen LogP) is 4.92. The first-order chi connectivity index (χ1) is 15.6. The average molecular weight is 451 g/mol. The largest absolute Gasteiger partial charge is 0.497 e. The van der Waals surface area contributed by atoms with Gasteiger partial charge in [0.25, 0.3) is 5.91 Å². The molecule has 0 aliphatic carbocycles. The zero-order chi connectivity index (χ0) is 22.5. The minimum Gasteiger partial charge on any atom is -0.497 e. The van der Waals surface area contributed by atoms with Crippen LogP contribution in [-0.4, -0.2) is 44.0 Å². The summed E-state index contributed by atoms with van der Waals surface area (Å²) in [6, 6.07) is 17.1. The standard InChI is InChI=1S/C25H26N2O4S/c1-30-20-8-5-17(6-9-20)21-16-19(7-10-22(21)31-2)26-24(28)18-11-13-27(14-12-18)25(29)23-4-3-15-32-23/h3-10,15-16,18H,11-14H2,1-2H3,(H,26,28). The van der Waals surface area contributed by atoms with Crippen LogP contribution in [0.3, 0.4) is 0 Å². The van der Waals surface area contributed by atoms with E-state index in [1.165, 1.54) is 11.3 Å². The number of hydrogen-bond acceptors (Lipinski definition) is 5. The molecule has 0 saturated carbocycles. The first-order valence-electron chi connectivity index (χ1n) is 10.5. The summed E-state index contributed by atoms with van der Waals surface area (Å²) in [6.45, 7) is 1.18. The van der Waals surface area contributed by atoms with Crippen LogP contribution in [0.15, 0.2) is 60.0 Å². The first-order valence-corrected chi connectivity index (χ1v) is 11.4. The molecule has 3 aromatic rings. The van der Waals surface area contributed by atoms with E-state index in [2.05, 4.69) is 5.32 Å². The molecule has 7 heteroatoms. The van der Waals surface area contributed by atoms with Crippen molar-refractivity contribution in [1.82, 2.24) is 4.90 Å². The molecule has 6 nitrogen and oxygen atoms in total. The molecule has 1 aliphatic heterocycles. The van der Waals surface area contributed by atoms with Crippen LogP contribution >= 0.6 is 11.3 Å². The number of benzene rings is 2. The Balaban J connectivity index is 1.41. The lowest BCUT2D eigenvalue weighted by molar-refractivity contribution is -0.121. The summed E-state index contributed by atoms with van der Waals surface area (Å²) < 4.78 is 10.8. The summed E-state index contributed by atoms with van der Waals surface area (Å²) >= 11 is 1.45. The Morgan fingerprint density at radius 1 is 1.00 bits per heavy atom. The minimum absolute atomic E-state index is 0.0147. The van der Waals surface area contributed by atoms with Crippen molar-refractivity contribution in [2.24, 2.45) is 5.92 Å². The summed E-state index contributed by atoms with van der Waals surface area (Å²) in [6.07, 6.45) is 1.31. The molecule has 166 valence electrons. The Morgan fingerprint density at radius 3 is 2.38 bits per heavy atom. The van der Waals surface area contributed by atoms with Crippen LogP contribution in [0.1, 0.15) is 22.5 Å². The zero-order valence-electron chi connectivity index (χ0n) is 18.2. The third kappa shape index (κ3) is 4.78. The van der Waals surface area contributed by atoms with Crippen LogP contribution in [-0.2, 0) is 4.79 Å². The monoisotopic (exact) mass is 450 g/mol. The van der Waals surface area contributed by atoms with E-state index in [0.29, 0.717) is 25.9 Å². The maximum atomic E-state index is 12.9. The van der Waals surface area contributed by atoms with Crippen LogP contribution in [0.4, 0.5) is 5.69 Å². The van der Waals surface area contributed by atoms with Crippen molar-refractivity contribution in [2.45, 2.75) is 12.8 Å². The van der Waals surface area contributed by atoms with Gasteiger partial charge < -0.3 is 19.7 Å². The number of carbonyl (C=O) groups is 2. The lowest BCUT2D eigenvalue weighted by Gasteiger charge is -2.31. The van der Waals surface area contributed by atoms with Crippen LogP contribution < -0.4 is 14.8 Å². The second-order valence-corrected chi connectivity index (χ2v) is 8.62. The molecule has 1 N–H and O–H groups in total. The molecule has 1 saturated heterocycles. The minimum atomic E-state index is -0.117. The van der Waals surface area contributed by atoms with E-state index in [9.17, 15) is 9.59 Å². The molecule has 0 bridgehead atoms. The number of amides is 2. The second-order valence-electron chi connectivity index (χ2n) is 7.68. The highest BCUT2D eigenvalue weighted by Crippen LogP contribution is 2.34. The van der Waals surface area contributed by atoms with Gasteiger partial charge in [-0.15, -0.1) is 11.3 Å². The highest BCUT2D eigenvalue weighted by atomic mass is 32.1. The Hall–Kier alpha value is -3.32. The molecule has 32 heavy (non-hydrogen) atoms. The van der Waals surface area contributed by atoms with Gasteiger partial charge in [0, 0.05) is 30.3 Å². The Morgan fingerprint density at radius 2 is 1.75 bits per heavy atom. The molecule has 2 heterocycles. The van der Waals surface area contributed by atoms with Crippen molar-refractivity contribution in [2.75, 3.05) is 32.6 Å². The number of ether oxygens (including phenoxy) is 2. The third-order valence-electron chi connectivity index (χ3n) is 5.75. The van der Waals surface area contributed by atoms with Crippen LogP contribution in [0.25, 0.3) is 11.1 Å². The number of likely N-dealkylation sites (tertiary alicyclic amines) is 1. The molecule has 0 atom stereocenters. The summed E-state index contributed by atoms with van der Waals surface area (Å²) in [5, 5.41) is 4.95. The van der Waals surface area contributed by atoms with Gasteiger partial charge in [-0.2, -0.15) is 0 Å². The van der Waals surface area contributed by atoms with Crippen molar-refractivity contribution >= 4 is 28.8 Å². The zero-order valence-corrected chi connectivity index (χ0v) is 19.0. The smallest absolute Gasteiger partial charge is 0.263 e. The van der Waals surface area contributed by atoms with E-state index in [0.717, 1.165) is 33.2 Å². The van der Waals surface area contributed by atoms with E-state index in [1.54, 1.807) is 14.2 Å². The fraction of sp³-hybridized carbons (Fsp3) is 0.280. The summed E-state index contributed by atoms with van der Waals surface area (Å²) in [7, 11) is 3.26. The second kappa shape index (κ2) is 9.87. The normalized spacial score (nSPS) is 14.1. The van der Waals surface area contributed by atoms with Crippen molar-refractivity contribution in [3.05, 3.63) is 64.9 Å². The van der Waals surface area contributed by atoms with E-state index in [-0.39, 0.29) is 17.7 Å². The fourth-order valence-electron chi connectivity index (χ4n) is 3.93. The molecule has 4 rings (SSSR count). The van der Waals surface area contributed by atoms with Gasteiger partial charge in [-0.25, -0.2) is 0 Å². The fourth-order valence-corrected chi connectivity index (χ4v) is 4.62. The predicted molar refractivity (Wildman–Crippen MR) is 127 cm³/mol. The van der Waals surface area contributed by atoms with Crippen molar-refractivity contribution in [3.63, 3.8) is 0 Å². The van der Waals surface area contributed by atoms with Gasteiger partial charge in [-0.3, -0.25) is 9.59 Å². The van der Waals surface area contributed by atoms with E-state index < -0.39 is 0 Å². The molecule has 0 unspecified atom stereocenters. The van der Waals surface area contributed by atoms with E-state index in [4.69, 9.17) is 9.47 Å². The van der Waals surface area contributed by atoms with Crippen LogP contribution in [0, 0.1) is 5.92 Å². The molecule has 1 aliphatic rings. The summed E-state index contributed by atoms with van der Waals surface area (Å²) in [5.41, 5.74) is 2.59. The Labute approximate surface area is 191 Å². The number of hydrogen-bond donors (Lipinski definition) is 1. The molecular weight excluding hydrogens is 424 g/mol. The number of nitrogens with zero attached hydrogens (tertiary/aromatic N) is 1. The van der Waals surface area contributed by atoms with Gasteiger partial charge in [-0.1, -0.05) is 18.2 Å². The third-order valence-corrected chi connectivity index (χ3v) is 6.61. The summed E-state index contributed by atoms with van der Waals surface area (Å²) in [5.74, 6) is 1.43. The highest BCUT2D eigenvalue weighted by molar-refractivity contribution is 7.12. The maximum absolute atomic E-state index is 12.9. The van der Waals surface area contributed by atoms with Crippen LogP contribution in [0.5, 0.6) is 11.5 Å². The number of anilines is 1. The van der Waals surface area contributed by atoms with E-state index in [1.807, 2.05) is 64.9 Å². The van der Waals surface area contributed by atoms with Gasteiger partial charge in [-0.05, 0) is 60.2 Å². The Bertz CT molecular complexity index is 1070. The lowest BCUT2D eigenvalue weighted by Crippen LogP contribution is -2.41. The van der Waals surface area contributed by atoms with Gasteiger partial charge in [0.2, 0.25) is 5.91 Å². The number of methoxy groups -OCH3 is 2. The van der Waals surface area contributed by atoms with Crippen molar-refractivity contribution in [1.29, 1.82) is 0 Å². The first kappa shape index (κ1) is 21.9. The molecule has 1 fully saturated rings. The molecule has 2 amide bonds. The molecular formula is C25H26N2O4S. The highest BCUT2D eigenvalue weighted by Gasteiger charge is 2.28. The van der Waals surface area contributed by atoms with Gasteiger partial charge in [0.1, 0.15) is 11.5 Å². The molecule has 0 spiro atoms. The topological polar surface area (TPSA) is 67.9 Å². The van der Waals surface area contributed by atoms with Gasteiger partial charge >= 0.3 is 0 Å². The van der Waals surface area contributed by atoms with Gasteiger partial charge in [0.05, 0.1) is 19.1 Å². The number of nitrogens with one attached hydrogen (secondary N) is 1. The quantitative estimate of drug-likeness (QED) is 0.579. The van der Waals surface area contributed by atoms with Gasteiger partial charge in [0.15, 0.2) is 0 Å².